The first kappa shape index (κ1) is 28.6. The SMILES string of the molecule is O=C(O)CN(CCc1ccccc1)C(=O)COC1CC(CNc2ccccn2)N(C(=O)OCc2ccccc2)C1. The lowest BCUT2D eigenvalue weighted by Crippen LogP contribution is -2.41. The molecule has 0 saturated carbocycles. The van der Waals surface area contributed by atoms with Crippen LogP contribution in [0.5, 0.6) is 0 Å². The Balaban J connectivity index is 1.34. The third kappa shape index (κ3) is 8.81. The number of carbonyl (C=O) groups excluding carboxylic acids is 2. The van der Waals surface area contributed by atoms with E-state index in [0.29, 0.717) is 25.2 Å². The molecule has 2 amide bonds. The summed E-state index contributed by atoms with van der Waals surface area (Å²) in [6.45, 7) is 0.393. The van der Waals surface area contributed by atoms with Gasteiger partial charge in [-0.2, -0.15) is 0 Å². The number of carboxylic acid groups (broad SMARTS) is 1. The van der Waals surface area contributed by atoms with Gasteiger partial charge in [-0.1, -0.05) is 66.7 Å². The summed E-state index contributed by atoms with van der Waals surface area (Å²) in [6.07, 6.45) is 1.82. The Bertz CT molecular complexity index is 1230. The van der Waals surface area contributed by atoms with Crippen LogP contribution in [0.15, 0.2) is 85.1 Å². The highest BCUT2D eigenvalue weighted by molar-refractivity contribution is 5.82. The van der Waals surface area contributed by atoms with Gasteiger partial charge in [0.15, 0.2) is 0 Å². The van der Waals surface area contributed by atoms with E-state index >= 15 is 0 Å². The second kappa shape index (κ2) is 14.6. The van der Waals surface area contributed by atoms with E-state index in [2.05, 4.69) is 10.3 Å². The normalized spacial score (nSPS) is 16.4. The summed E-state index contributed by atoms with van der Waals surface area (Å²) in [5.41, 5.74) is 1.89. The number of rotatable bonds is 13. The lowest BCUT2D eigenvalue weighted by molar-refractivity contribution is -0.147. The zero-order valence-corrected chi connectivity index (χ0v) is 22.2. The quantitative estimate of drug-likeness (QED) is 0.335. The zero-order valence-electron chi connectivity index (χ0n) is 22.2. The number of ether oxygens (including phenoxy) is 2. The molecule has 0 aliphatic carbocycles. The Morgan fingerprint density at radius 2 is 1.68 bits per heavy atom. The molecule has 1 saturated heterocycles. The van der Waals surface area contributed by atoms with Gasteiger partial charge in [0.05, 0.1) is 18.7 Å². The van der Waals surface area contributed by atoms with Crippen LogP contribution in [0.4, 0.5) is 10.6 Å². The molecule has 1 fully saturated rings. The number of aliphatic carboxylic acids is 1. The van der Waals surface area contributed by atoms with Crippen molar-refractivity contribution in [2.24, 2.45) is 0 Å². The Kier molecular flexibility index (Phi) is 10.5. The molecule has 10 heteroatoms. The number of carbonyl (C=O) groups is 3. The molecule has 1 aliphatic rings. The van der Waals surface area contributed by atoms with Crippen molar-refractivity contribution in [2.45, 2.75) is 31.6 Å². The average Bonchev–Trinajstić information content (AvgIpc) is 3.40. The van der Waals surface area contributed by atoms with Crippen LogP contribution < -0.4 is 5.32 Å². The molecule has 0 spiro atoms. The van der Waals surface area contributed by atoms with Gasteiger partial charge >= 0.3 is 12.1 Å². The maximum Gasteiger partial charge on any atom is 0.410 e. The molecule has 4 rings (SSSR count). The molecular formula is C30H34N4O6. The van der Waals surface area contributed by atoms with E-state index in [1.165, 1.54) is 4.90 Å². The van der Waals surface area contributed by atoms with Crippen molar-refractivity contribution in [3.8, 4) is 0 Å². The van der Waals surface area contributed by atoms with Gasteiger partial charge in [0.2, 0.25) is 5.91 Å². The second-order valence-electron chi connectivity index (χ2n) is 9.56. The molecule has 2 unspecified atom stereocenters. The molecule has 2 aromatic carbocycles. The first-order valence-corrected chi connectivity index (χ1v) is 13.2. The lowest BCUT2D eigenvalue weighted by Gasteiger charge is -2.24. The van der Waals surface area contributed by atoms with E-state index < -0.39 is 30.6 Å². The van der Waals surface area contributed by atoms with Gasteiger partial charge in [-0.25, -0.2) is 9.78 Å². The topological polar surface area (TPSA) is 121 Å². The van der Waals surface area contributed by atoms with Crippen LogP contribution in [-0.4, -0.2) is 82.8 Å². The highest BCUT2D eigenvalue weighted by Crippen LogP contribution is 2.23. The minimum absolute atomic E-state index is 0.145. The monoisotopic (exact) mass is 546 g/mol. The van der Waals surface area contributed by atoms with Crippen molar-refractivity contribution in [3.63, 3.8) is 0 Å². The molecule has 0 bridgehead atoms. The number of amides is 2. The van der Waals surface area contributed by atoms with Gasteiger partial charge in [0, 0.05) is 19.3 Å². The minimum Gasteiger partial charge on any atom is -0.480 e. The zero-order chi connectivity index (χ0) is 28.2. The molecule has 3 aromatic rings. The number of pyridine rings is 1. The van der Waals surface area contributed by atoms with Crippen molar-refractivity contribution in [1.29, 1.82) is 0 Å². The van der Waals surface area contributed by atoms with Gasteiger partial charge in [0.25, 0.3) is 0 Å². The molecule has 40 heavy (non-hydrogen) atoms. The fraction of sp³-hybridized carbons (Fsp3) is 0.333. The van der Waals surface area contributed by atoms with Crippen LogP contribution in [0.1, 0.15) is 17.5 Å². The fourth-order valence-electron chi connectivity index (χ4n) is 4.55. The van der Waals surface area contributed by atoms with Gasteiger partial charge in [-0.3, -0.25) is 9.59 Å². The fourth-order valence-corrected chi connectivity index (χ4v) is 4.55. The van der Waals surface area contributed by atoms with Crippen LogP contribution in [0.3, 0.4) is 0 Å². The summed E-state index contributed by atoms with van der Waals surface area (Å²) in [7, 11) is 0. The standard InChI is InChI=1S/C30H34N4O6/c35-28(33(20-29(36)37)16-14-23-9-3-1-4-10-23)22-39-26-17-25(18-32-27-13-7-8-15-31-27)34(19-26)30(38)40-21-24-11-5-2-6-12-24/h1-13,15,25-26H,14,16-22H2,(H,31,32)(H,36,37). The van der Waals surface area contributed by atoms with Gasteiger partial charge in [-0.05, 0) is 36.1 Å². The molecule has 210 valence electrons. The van der Waals surface area contributed by atoms with Crippen LogP contribution >= 0.6 is 0 Å². The first-order chi connectivity index (χ1) is 19.5. The van der Waals surface area contributed by atoms with Crippen molar-refractivity contribution < 1.29 is 29.0 Å². The maximum atomic E-state index is 13.0. The maximum absolute atomic E-state index is 13.0. The highest BCUT2D eigenvalue weighted by atomic mass is 16.6. The molecule has 1 aromatic heterocycles. The van der Waals surface area contributed by atoms with E-state index in [1.54, 1.807) is 11.1 Å². The number of hydrogen-bond acceptors (Lipinski definition) is 7. The second-order valence-corrected chi connectivity index (χ2v) is 9.56. The Hall–Kier alpha value is -4.44. The number of likely N-dealkylation sites (tertiary alicyclic amines) is 1. The van der Waals surface area contributed by atoms with Crippen molar-refractivity contribution in [3.05, 3.63) is 96.2 Å². The first-order valence-electron chi connectivity index (χ1n) is 13.2. The van der Waals surface area contributed by atoms with Crippen molar-refractivity contribution in [2.75, 3.05) is 38.1 Å². The molecule has 10 nitrogen and oxygen atoms in total. The molecule has 2 heterocycles. The lowest BCUT2D eigenvalue weighted by atomic mass is 10.1. The summed E-state index contributed by atoms with van der Waals surface area (Å²) in [6, 6.07) is 24.3. The molecule has 0 radical (unpaired) electrons. The molecule has 1 aliphatic heterocycles. The van der Waals surface area contributed by atoms with E-state index in [0.717, 1.165) is 11.1 Å². The summed E-state index contributed by atoms with van der Waals surface area (Å²) in [4.78, 5) is 44.5. The van der Waals surface area contributed by atoms with Gasteiger partial charge in [-0.15, -0.1) is 0 Å². The number of hydrogen-bond donors (Lipinski definition) is 2. The van der Waals surface area contributed by atoms with E-state index in [1.807, 2.05) is 78.9 Å². The summed E-state index contributed by atoms with van der Waals surface area (Å²) in [5.74, 6) is -0.816. The molecular weight excluding hydrogens is 512 g/mol. The molecule has 2 atom stereocenters. The van der Waals surface area contributed by atoms with Crippen LogP contribution in [0, 0.1) is 0 Å². The number of anilines is 1. The highest BCUT2D eigenvalue weighted by Gasteiger charge is 2.37. The Morgan fingerprint density at radius 1 is 0.975 bits per heavy atom. The van der Waals surface area contributed by atoms with E-state index in [-0.39, 0.29) is 32.3 Å². The van der Waals surface area contributed by atoms with Crippen molar-refractivity contribution >= 4 is 23.8 Å². The number of benzene rings is 2. The van der Waals surface area contributed by atoms with Crippen LogP contribution in [-0.2, 0) is 32.1 Å². The third-order valence-corrected chi connectivity index (χ3v) is 6.63. The Morgan fingerprint density at radius 3 is 2.35 bits per heavy atom. The van der Waals surface area contributed by atoms with Gasteiger partial charge in [0.1, 0.15) is 25.6 Å². The van der Waals surface area contributed by atoms with E-state index in [4.69, 9.17) is 9.47 Å². The third-order valence-electron chi connectivity index (χ3n) is 6.63. The summed E-state index contributed by atoms with van der Waals surface area (Å²) >= 11 is 0. The smallest absolute Gasteiger partial charge is 0.410 e. The number of carboxylic acids is 1. The van der Waals surface area contributed by atoms with Gasteiger partial charge < -0.3 is 29.7 Å². The number of nitrogens with one attached hydrogen (secondary N) is 1. The van der Waals surface area contributed by atoms with Crippen LogP contribution in [0.25, 0.3) is 0 Å². The van der Waals surface area contributed by atoms with E-state index in [9.17, 15) is 19.5 Å². The van der Waals surface area contributed by atoms with Crippen molar-refractivity contribution in [1.82, 2.24) is 14.8 Å². The number of aromatic nitrogens is 1. The number of nitrogens with zero attached hydrogens (tertiary/aromatic N) is 3. The Labute approximate surface area is 233 Å². The molecule has 2 N–H and O–H groups in total. The predicted octanol–water partition coefficient (Wildman–Crippen LogP) is 3.45. The predicted molar refractivity (Wildman–Crippen MR) is 149 cm³/mol. The largest absolute Gasteiger partial charge is 0.480 e. The van der Waals surface area contributed by atoms with Crippen LogP contribution in [0.2, 0.25) is 0 Å². The average molecular weight is 547 g/mol. The summed E-state index contributed by atoms with van der Waals surface area (Å²) in [5, 5.41) is 12.6. The summed E-state index contributed by atoms with van der Waals surface area (Å²) < 4.78 is 11.5. The minimum atomic E-state index is -1.09.